The van der Waals surface area contributed by atoms with Gasteiger partial charge in [0.15, 0.2) is 5.79 Å². The lowest BCUT2D eigenvalue weighted by molar-refractivity contribution is -0.149. The molecular weight excluding hydrogens is 208 g/mol. The molecule has 0 atom stereocenters. The summed E-state index contributed by atoms with van der Waals surface area (Å²) >= 11 is 1.75. The van der Waals surface area contributed by atoms with Gasteiger partial charge in [0, 0.05) is 10.3 Å². The van der Waals surface area contributed by atoms with Crippen LogP contribution in [0.15, 0.2) is 29.6 Å². The highest BCUT2D eigenvalue weighted by atomic mass is 32.1. The van der Waals surface area contributed by atoms with Gasteiger partial charge in [-0.15, -0.1) is 11.3 Å². The number of fused-ring (bicyclic) bond motifs is 1. The minimum atomic E-state index is -0.543. The van der Waals surface area contributed by atoms with Crippen LogP contribution < -0.4 is 0 Å². The van der Waals surface area contributed by atoms with E-state index in [1.54, 1.807) is 11.3 Å². The number of rotatable bonds is 1. The summed E-state index contributed by atoms with van der Waals surface area (Å²) in [6, 6.07) is 8.49. The molecule has 0 saturated carbocycles. The largest absolute Gasteiger partial charge is 0.344 e. The molecule has 1 aliphatic rings. The van der Waals surface area contributed by atoms with Gasteiger partial charge in [-0.3, -0.25) is 0 Å². The third-order valence-electron chi connectivity index (χ3n) is 2.82. The first-order valence-electron chi connectivity index (χ1n) is 5.04. The first-order valence-corrected chi connectivity index (χ1v) is 5.92. The molecule has 15 heavy (non-hydrogen) atoms. The van der Waals surface area contributed by atoms with E-state index in [0.29, 0.717) is 13.2 Å². The van der Waals surface area contributed by atoms with Gasteiger partial charge >= 0.3 is 0 Å². The van der Waals surface area contributed by atoms with Gasteiger partial charge < -0.3 is 9.47 Å². The van der Waals surface area contributed by atoms with Gasteiger partial charge in [-0.05, 0) is 29.8 Å². The molecule has 0 amide bonds. The molecule has 3 heteroatoms. The maximum Gasteiger partial charge on any atom is 0.192 e. The molecule has 2 heterocycles. The summed E-state index contributed by atoms with van der Waals surface area (Å²) < 4.78 is 12.6. The Morgan fingerprint density at radius 3 is 2.80 bits per heavy atom. The minimum Gasteiger partial charge on any atom is -0.344 e. The minimum absolute atomic E-state index is 0.543. The predicted molar refractivity (Wildman–Crippen MR) is 61.1 cm³/mol. The van der Waals surface area contributed by atoms with Crippen LogP contribution in [0.3, 0.4) is 0 Å². The third kappa shape index (κ3) is 1.47. The van der Waals surface area contributed by atoms with Crippen LogP contribution in [0, 0.1) is 0 Å². The first-order chi connectivity index (χ1) is 7.28. The van der Waals surface area contributed by atoms with Gasteiger partial charge in [-0.25, -0.2) is 0 Å². The van der Waals surface area contributed by atoms with E-state index < -0.39 is 5.79 Å². The van der Waals surface area contributed by atoms with Crippen molar-refractivity contribution < 1.29 is 9.47 Å². The van der Waals surface area contributed by atoms with E-state index in [4.69, 9.17) is 9.47 Å². The molecule has 0 radical (unpaired) electrons. The number of ether oxygens (including phenoxy) is 2. The van der Waals surface area contributed by atoms with E-state index in [1.807, 2.05) is 6.92 Å². The Morgan fingerprint density at radius 1 is 1.20 bits per heavy atom. The maximum absolute atomic E-state index is 5.63. The Bertz CT molecular complexity index is 483. The lowest BCUT2D eigenvalue weighted by Crippen LogP contribution is -2.21. The average Bonchev–Trinajstić information content (AvgIpc) is 2.85. The summed E-state index contributed by atoms with van der Waals surface area (Å²) in [7, 11) is 0. The Balaban J connectivity index is 2.10. The topological polar surface area (TPSA) is 18.5 Å². The van der Waals surface area contributed by atoms with Crippen LogP contribution in [0.1, 0.15) is 12.5 Å². The van der Waals surface area contributed by atoms with Crippen molar-refractivity contribution in [3.8, 4) is 0 Å². The molecule has 0 unspecified atom stereocenters. The SMILES string of the molecule is CC1(c2ccc3ccsc3c2)OCCO1. The van der Waals surface area contributed by atoms with Crippen molar-refractivity contribution in [1.82, 2.24) is 0 Å². The molecule has 78 valence electrons. The molecule has 0 bridgehead atoms. The molecular formula is C12H12O2S. The highest BCUT2D eigenvalue weighted by Crippen LogP contribution is 2.33. The molecule has 0 aliphatic carbocycles. The molecule has 1 saturated heterocycles. The standard InChI is InChI=1S/C12H12O2S/c1-12(13-5-6-14-12)10-3-2-9-4-7-15-11(9)8-10/h2-4,7-8H,5-6H2,1H3. The number of benzene rings is 1. The van der Waals surface area contributed by atoms with E-state index in [2.05, 4.69) is 29.6 Å². The summed E-state index contributed by atoms with van der Waals surface area (Å²) in [6.07, 6.45) is 0. The summed E-state index contributed by atoms with van der Waals surface area (Å²) in [5.74, 6) is -0.543. The van der Waals surface area contributed by atoms with E-state index in [-0.39, 0.29) is 0 Å². The van der Waals surface area contributed by atoms with Crippen molar-refractivity contribution in [3.63, 3.8) is 0 Å². The van der Waals surface area contributed by atoms with Gasteiger partial charge in [-0.2, -0.15) is 0 Å². The lowest BCUT2D eigenvalue weighted by atomic mass is 10.1. The van der Waals surface area contributed by atoms with Crippen LogP contribution in [0.25, 0.3) is 10.1 Å². The normalized spacial score (nSPS) is 19.8. The summed E-state index contributed by atoms with van der Waals surface area (Å²) in [4.78, 5) is 0. The van der Waals surface area contributed by atoms with Crippen LogP contribution in [0.5, 0.6) is 0 Å². The van der Waals surface area contributed by atoms with E-state index in [0.717, 1.165) is 5.56 Å². The second-order valence-electron chi connectivity index (χ2n) is 3.82. The smallest absolute Gasteiger partial charge is 0.192 e. The molecule has 2 aromatic rings. The summed E-state index contributed by atoms with van der Waals surface area (Å²) in [5, 5.41) is 3.39. The van der Waals surface area contributed by atoms with Crippen molar-refractivity contribution in [2.75, 3.05) is 13.2 Å². The molecule has 1 aromatic carbocycles. The second-order valence-corrected chi connectivity index (χ2v) is 4.76. The van der Waals surface area contributed by atoms with Crippen LogP contribution >= 0.6 is 11.3 Å². The van der Waals surface area contributed by atoms with Crippen LogP contribution in [-0.4, -0.2) is 13.2 Å². The van der Waals surface area contributed by atoms with Crippen molar-refractivity contribution in [3.05, 3.63) is 35.2 Å². The van der Waals surface area contributed by atoms with Gasteiger partial charge in [0.2, 0.25) is 0 Å². The Morgan fingerprint density at radius 2 is 2.00 bits per heavy atom. The predicted octanol–water partition coefficient (Wildman–Crippen LogP) is 3.12. The molecule has 0 spiro atoms. The third-order valence-corrected chi connectivity index (χ3v) is 3.70. The van der Waals surface area contributed by atoms with E-state index in [9.17, 15) is 0 Å². The molecule has 1 fully saturated rings. The fraction of sp³-hybridized carbons (Fsp3) is 0.333. The fourth-order valence-electron chi connectivity index (χ4n) is 1.92. The van der Waals surface area contributed by atoms with Crippen molar-refractivity contribution in [2.45, 2.75) is 12.7 Å². The Labute approximate surface area is 92.4 Å². The lowest BCUT2D eigenvalue weighted by Gasteiger charge is -2.22. The maximum atomic E-state index is 5.63. The molecule has 3 rings (SSSR count). The number of hydrogen-bond donors (Lipinski definition) is 0. The Kier molecular flexibility index (Phi) is 2.06. The highest BCUT2D eigenvalue weighted by molar-refractivity contribution is 7.17. The zero-order valence-electron chi connectivity index (χ0n) is 8.53. The molecule has 1 aliphatic heterocycles. The number of thiophene rings is 1. The summed E-state index contributed by atoms with van der Waals surface area (Å²) in [6.45, 7) is 3.34. The number of hydrogen-bond acceptors (Lipinski definition) is 3. The molecule has 2 nitrogen and oxygen atoms in total. The van der Waals surface area contributed by atoms with Crippen molar-refractivity contribution in [2.24, 2.45) is 0 Å². The van der Waals surface area contributed by atoms with Gasteiger partial charge in [0.25, 0.3) is 0 Å². The average molecular weight is 220 g/mol. The van der Waals surface area contributed by atoms with Crippen LogP contribution in [-0.2, 0) is 15.3 Å². The van der Waals surface area contributed by atoms with Gasteiger partial charge in [-0.1, -0.05) is 12.1 Å². The summed E-state index contributed by atoms with van der Waals surface area (Å²) in [5.41, 5.74) is 1.11. The van der Waals surface area contributed by atoms with Gasteiger partial charge in [0.1, 0.15) is 0 Å². The zero-order chi connectivity index (χ0) is 10.3. The molecule has 1 aromatic heterocycles. The van der Waals surface area contributed by atoms with E-state index >= 15 is 0 Å². The zero-order valence-corrected chi connectivity index (χ0v) is 9.34. The van der Waals surface area contributed by atoms with E-state index in [1.165, 1.54) is 10.1 Å². The van der Waals surface area contributed by atoms with Crippen LogP contribution in [0.4, 0.5) is 0 Å². The molecule has 0 N–H and O–H groups in total. The van der Waals surface area contributed by atoms with Crippen LogP contribution in [0.2, 0.25) is 0 Å². The van der Waals surface area contributed by atoms with Crippen molar-refractivity contribution >= 4 is 21.4 Å². The monoisotopic (exact) mass is 220 g/mol. The highest BCUT2D eigenvalue weighted by Gasteiger charge is 2.33. The first kappa shape index (κ1) is 9.33. The van der Waals surface area contributed by atoms with Crippen molar-refractivity contribution in [1.29, 1.82) is 0 Å². The fourth-order valence-corrected chi connectivity index (χ4v) is 2.75. The van der Waals surface area contributed by atoms with Gasteiger partial charge in [0.05, 0.1) is 13.2 Å². The quantitative estimate of drug-likeness (QED) is 0.735. The Hall–Kier alpha value is -0.900. The second kappa shape index (κ2) is 3.30.